The van der Waals surface area contributed by atoms with Crippen molar-refractivity contribution in [1.82, 2.24) is 0 Å². The van der Waals surface area contributed by atoms with Crippen LogP contribution in [0.3, 0.4) is 0 Å². The molecule has 0 radical (unpaired) electrons. The number of rotatable bonds is 0. The van der Waals surface area contributed by atoms with Gasteiger partial charge in [0, 0.05) is 5.22 Å². The molecule has 1 aromatic rings. The Morgan fingerprint density at radius 2 is 1.71 bits per heavy atom. The summed E-state index contributed by atoms with van der Waals surface area (Å²) in [6.45, 7) is 2.89. The third-order valence-corrected chi connectivity index (χ3v) is 1.67. The molecule has 0 aliphatic carbocycles. The van der Waals surface area contributed by atoms with Gasteiger partial charge in [0.15, 0.2) is 17.5 Å². The molecule has 0 saturated carbocycles. The fraction of sp³-hybridized carbons (Fsp3) is 0. The number of halogens is 4. The number of nitriles is 1. The SMILES string of the molecule is C=c1c(F)c(F)/c(=C\F)c(C#N)c1F. The van der Waals surface area contributed by atoms with E-state index in [1.54, 1.807) is 0 Å². The fourth-order valence-corrected chi connectivity index (χ4v) is 0.938. The molecule has 1 aromatic carbocycles. The van der Waals surface area contributed by atoms with Crippen molar-refractivity contribution in [2.75, 3.05) is 0 Å². The van der Waals surface area contributed by atoms with E-state index in [4.69, 9.17) is 5.26 Å². The molecule has 0 saturated heterocycles. The second-order valence-electron chi connectivity index (χ2n) is 2.43. The largest absolute Gasteiger partial charge is 0.215 e. The summed E-state index contributed by atoms with van der Waals surface area (Å²) >= 11 is 0. The van der Waals surface area contributed by atoms with Crippen LogP contribution >= 0.6 is 0 Å². The molecule has 1 nitrogen and oxygen atoms in total. The zero-order valence-corrected chi connectivity index (χ0v) is 6.74. The highest BCUT2D eigenvalue weighted by molar-refractivity contribution is 5.38. The maximum absolute atomic E-state index is 13.0. The number of nitrogens with zero attached hydrogens (tertiary/aromatic N) is 1. The number of benzene rings is 1. The molecule has 0 N–H and O–H groups in total. The quantitative estimate of drug-likeness (QED) is 0.455. The standard InChI is InChI=1S/C9H3F4N/c1-4-7(11)6(3-14)5(2-10)9(13)8(4)12/h2H,1H2/b5-2-. The average Bonchev–Trinajstić information content (AvgIpc) is 2.20. The Balaban J connectivity index is 3.99. The lowest BCUT2D eigenvalue weighted by Gasteiger charge is -1.98. The fourth-order valence-electron chi connectivity index (χ4n) is 0.938. The van der Waals surface area contributed by atoms with Crippen molar-refractivity contribution in [2.45, 2.75) is 0 Å². The first kappa shape index (κ1) is 10.3. The van der Waals surface area contributed by atoms with Crippen molar-refractivity contribution in [3.63, 3.8) is 0 Å². The predicted molar refractivity (Wildman–Crippen MR) is 41.4 cm³/mol. The molecule has 0 aliphatic rings. The third-order valence-electron chi connectivity index (χ3n) is 1.67. The van der Waals surface area contributed by atoms with E-state index in [1.807, 2.05) is 0 Å². The molecular formula is C9H3F4N. The summed E-state index contributed by atoms with van der Waals surface area (Å²) < 4.78 is 50.7. The van der Waals surface area contributed by atoms with Crippen LogP contribution in [0.4, 0.5) is 17.6 Å². The van der Waals surface area contributed by atoms with Crippen LogP contribution in [0.25, 0.3) is 12.9 Å². The summed E-state index contributed by atoms with van der Waals surface area (Å²) in [6, 6.07) is 1.23. The molecular weight excluding hydrogens is 198 g/mol. The van der Waals surface area contributed by atoms with Gasteiger partial charge in [0.1, 0.15) is 11.6 Å². The first-order valence-electron chi connectivity index (χ1n) is 3.40. The first-order chi connectivity index (χ1) is 6.54. The molecule has 0 unspecified atom stereocenters. The molecule has 0 aromatic heterocycles. The van der Waals surface area contributed by atoms with E-state index < -0.39 is 33.5 Å². The van der Waals surface area contributed by atoms with Crippen molar-refractivity contribution in [3.8, 4) is 6.07 Å². The summed E-state index contributed by atoms with van der Waals surface area (Å²) in [4.78, 5) is 0. The van der Waals surface area contributed by atoms with Gasteiger partial charge in [0.05, 0.1) is 11.5 Å². The maximum atomic E-state index is 13.0. The average molecular weight is 201 g/mol. The van der Waals surface area contributed by atoms with Crippen molar-refractivity contribution < 1.29 is 17.6 Å². The highest BCUT2D eigenvalue weighted by Gasteiger charge is 2.15. The summed E-state index contributed by atoms with van der Waals surface area (Å²) in [5.74, 6) is -4.56. The lowest BCUT2D eigenvalue weighted by molar-refractivity contribution is 0.477. The van der Waals surface area contributed by atoms with Crippen LogP contribution in [-0.4, -0.2) is 0 Å². The Morgan fingerprint density at radius 1 is 1.14 bits per heavy atom. The molecule has 0 bridgehead atoms. The van der Waals surface area contributed by atoms with Crippen LogP contribution in [0, 0.1) is 28.8 Å². The van der Waals surface area contributed by atoms with Gasteiger partial charge in [0.2, 0.25) is 0 Å². The van der Waals surface area contributed by atoms with E-state index in [0.29, 0.717) is 0 Å². The summed E-state index contributed by atoms with van der Waals surface area (Å²) in [5.41, 5.74) is -0.892. The summed E-state index contributed by atoms with van der Waals surface area (Å²) in [5, 5.41) is 6.46. The minimum atomic E-state index is -1.62. The Bertz CT molecular complexity index is 527. The molecule has 1 rings (SSSR count). The Kier molecular flexibility index (Phi) is 2.56. The zero-order chi connectivity index (χ0) is 10.9. The number of hydrogen-bond acceptors (Lipinski definition) is 1. The van der Waals surface area contributed by atoms with Crippen LogP contribution in [0.2, 0.25) is 0 Å². The van der Waals surface area contributed by atoms with Crippen LogP contribution in [0.15, 0.2) is 0 Å². The second kappa shape index (κ2) is 3.50. The summed E-state index contributed by atoms with van der Waals surface area (Å²) in [6.07, 6.45) is -0.362. The molecule has 0 heterocycles. The Labute approximate surface area is 76.2 Å². The molecule has 72 valence electrons. The van der Waals surface area contributed by atoms with Crippen molar-refractivity contribution in [3.05, 3.63) is 33.5 Å². The van der Waals surface area contributed by atoms with E-state index >= 15 is 0 Å². The molecule has 14 heavy (non-hydrogen) atoms. The molecule has 0 aliphatic heterocycles. The molecule has 0 spiro atoms. The topological polar surface area (TPSA) is 23.8 Å². The number of hydrogen-bond donors (Lipinski definition) is 0. The van der Waals surface area contributed by atoms with E-state index in [9.17, 15) is 17.6 Å². The predicted octanol–water partition coefficient (Wildman–Crippen LogP) is 1.09. The van der Waals surface area contributed by atoms with Crippen LogP contribution in [0.5, 0.6) is 0 Å². The van der Waals surface area contributed by atoms with Gasteiger partial charge in [-0.1, -0.05) is 6.58 Å². The monoisotopic (exact) mass is 201 g/mol. The first-order valence-corrected chi connectivity index (χ1v) is 3.40. The van der Waals surface area contributed by atoms with Gasteiger partial charge in [-0.25, -0.2) is 17.6 Å². The van der Waals surface area contributed by atoms with Crippen molar-refractivity contribution in [2.24, 2.45) is 0 Å². The highest BCUT2D eigenvalue weighted by atomic mass is 19.2. The van der Waals surface area contributed by atoms with Gasteiger partial charge in [-0.2, -0.15) is 5.26 Å². The van der Waals surface area contributed by atoms with E-state index in [2.05, 4.69) is 6.58 Å². The lowest BCUT2D eigenvalue weighted by atomic mass is 10.1. The van der Waals surface area contributed by atoms with Gasteiger partial charge in [0.25, 0.3) is 0 Å². The minimum Gasteiger partial charge on any atom is -0.215 e. The van der Waals surface area contributed by atoms with Crippen LogP contribution in [0.1, 0.15) is 5.56 Å². The molecule has 5 heteroatoms. The maximum Gasteiger partial charge on any atom is 0.170 e. The zero-order valence-electron chi connectivity index (χ0n) is 6.74. The van der Waals surface area contributed by atoms with Crippen LogP contribution in [-0.2, 0) is 0 Å². The van der Waals surface area contributed by atoms with Gasteiger partial charge in [-0.15, -0.1) is 0 Å². The van der Waals surface area contributed by atoms with Crippen LogP contribution < -0.4 is 10.4 Å². The van der Waals surface area contributed by atoms with E-state index in [0.717, 1.165) is 0 Å². The van der Waals surface area contributed by atoms with Gasteiger partial charge in [-0.05, 0) is 0 Å². The lowest BCUT2D eigenvalue weighted by Crippen LogP contribution is -2.26. The molecule has 0 fully saturated rings. The minimum absolute atomic E-state index is 0.362. The van der Waals surface area contributed by atoms with Gasteiger partial charge < -0.3 is 0 Å². The third kappa shape index (κ3) is 1.25. The van der Waals surface area contributed by atoms with Crippen molar-refractivity contribution in [1.29, 1.82) is 5.26 Å². The molecule has 0 amide bonds. The second-order valence-corrected chi connectivity index (χ2v) is 2.43. The Hall–Kier alpha value is -1.83. The van der Waals surface area contributed by atoms with E-state index in [-0.39, 0.29) is 6.33 Å². The van der Waals surface area contributed by atoms with E-state index in [1.165, 1.54) is 6.07 Å². The normalized spacial score (nSPS) is 11.5. The summed E-state index contributed by atoms with van der Waals surface area (Å²) in [7, 11) is 0. The molecule has 0 atom stereocenters. The van der Waals surface area contributed by atoms with Gasteiger partial charge >= 0.3 is 0 Å². The smallest absolute Gasteiger partial charge is 0.170 e. The Morgan fingerprint density at radius 3 is 2.14 bits per heavy atom. The van der Waals surface area contributed by atoms with Crippen molar-refractivity contribution >= 4 is 12.9 Å². The van der Waals surface area contributed by atoms with Gasteiger partial charge in [-0.3, -0.25) is 0 Å². The highest BCUT2D eigenvalue weighted by Crippen LogP contribution is 2.01.